The van der Waals surface area contributed by atoms with Gasteiger partial charge in [-0.05, 0) is 35.4 Å². The zero-order valence-electron chi connectivity index (χ0n) is 14.1. The molecule has 0 atom stereocenters. The Hall–Kier alpha value is -2.49. The molecule has 0 unspecified atom stereocenters. The molecular formula is C22H17ClO3. The van der Waals surface area contributed by atoms with Crippen LogP contribution < -0.4 is 9.47 Å². The van der Waals surface area contributed by atoms with Gasteiger partial charge in [-0.2, -0.15) is 0 Å². The summed E-state index contributed by atoms with van der Waals surface area (Å²) < 4.78 is 17.8. The molecule has 0 N–H and O–H groups in total. The molecule has 2 aliphatic rings. The van der Waals surface area contributed by atoms with Crippen LogP contribution in [0.2, 0.25) is 5.02 Å². The van der Waals surface area contributed by atoms with Crippen molar-refractivity contribution in [2.75, 3.05) is 13.2 Å². The minimum absolute atomic E-state index is 0.439. The lowest BCUT2D eigenvalue weighted by Crippen LogP contribution is -2.53. The third-order valence-corrected chi connectivity index (χ3v) is 5.17. The first kappa shape index (κ1) is 15.7. The van der Waals surface area contributed by atoms with E-state index in [2.05, 4.69) is 24.3 Å². The van der Waals surface area contributed by atoms with Crippen LogP contribution >= 0.6 is 11.6 Å². The van der Waals surface area contributed by atoms with E-state index in [4.69, 9.17) is 25.8 Å². The first-order valence-electron chi connectivity index (χ1n) is 8.61. The van der Waals surface area contributed by atoms with Crippen LogP contribution in [0.25, 0.3) is 11.1 Å². The number of rotatable bonds is 3. The Morgan fingerprint density at radius 3 is 2.50 bits per heavy atom. The second-order valence-electron chi connectivity index (χ2n) is 6.71. The highest BCUT2D eigenvalue weighted by molar-refractivity contribution is 6.30. The van der Waals surface area contributed by atoms with Crippen LogP contribution in [0.3, 0.4) is 0 Å². The van der Waals surface area contributed by atoms with Crippen molar-refractivity contribution in [2.45, 2.75) is 12.2 Å². The summed E-state index contributed by atoms with van der Waals surface area (Å²) >= 11 is 6.22. The average Bonchev–Trinajstić information content (AvgIpc) is 2.65. The molecule has 5 rings (SSSR count). The van der Waals surface area contributed by atoms with Gasteiger partial charge in [-0.15, -0.1) is 0 Å². The minimum Gasteiger partial charge on any atom is -0.489 e. The molecule has 130 valence electrons. The van der Waals surface area contributed by atoms with E-state index < -0.39 is 5.60 Å². The number of hydrogen-bond donors (Lipinski definition) is 0. The van der Waals surface area contributed by atoms with Crippen molar-refractivity contribution >= 4 is 11.6 Å². The molecule has 0 amide bonds. The maximum Gasteiger partial charge on any atom is 0.181 e. The largest absolute Gasteiger partial charge is 0.489 e. The van der Waals surface area contributed by atoms with E-state index in [1.165, 1.54) is 0 Å². The van der Waals surface area contributed by atoms with E-state index in [0.717, 1.165) is 33.8 Å². The van der Waals surface area contributed by atoms with E-state index in [1.54, 1.807) is 0 Å². The smallest absolute Gasteiger partial charge is 0.181 e. The highest BCUT2D eigenvalue weighted by Crippen LogP contribution is 2.49. The van der Waals surface area contributed by atoms with Gasteiger partial charge in [0.1, 0.15) is 18.1 Å². The summed E-state index contributed by atoms with van der Waals surface area (Å²) in [6.45, 7) is 1.60. The van der Waals surface area contributed by atoms with Crippen LogP contribution in [0.15, 0.2) is 66.7 Å². The van der Waals surface area contributed by atoms with Gasteiger partial charge in [0.15, 0.2) is 5.60 Å². The molecule has 0 aliphatic carbocycles. The normalized spacial score (nSPS) is 16.2. The summed E-state index contributed by atoms with van der Waals surface area (Å²) in [5.74, 6) is 1.62. The van der Waals surface area contributed by atoms with Crippen molar-refractivity contribution in [1.29, 1.82) is 0 Å². The molecule has 2 aliphatic heterocycles. The Balaban J connectivity index is 1.49. The Kier molecular flexibility index (Phi) is 3.66. The molecule has 0 bridgehead atoms. The Morgan fingerprint density at radius 2 is 1.73 bits per heavy atom. The summed E-state index contributed by atoms with van der Waals surface area (Å²) in [5.41, 5.74) is 4.00. The van der Waals surface area contributed by atoms with Gasteiger partial charge in [-0.25, -0.2) is 0 Å². The van der Waals surface area contributed by atoms with Gasteiger partial charge in [0, 0.05) is 22.2 Å². The van der Waals surface area contributed by atoms with E-state index in [-0.39, 0.29) is 0 Å². The zero-order valence-corrected chi connectivity index (χ0v) is 14.8. The standard InChI is InChI=1S/C22H17ClO3/c23-16-6-8-18-19-9-7-17(25-12-15-4-2-1-3-5-15)11-21(19)26-22(13-24-14-22)20(18)10-16/h1-11H,12-14H2. The summed E-state index contributed by atoms with van der Waals surface area (Å²) in [7, 11) is 0. The predicted octanol–water partition coefficient (Wildman–Crippen LogP) is 5.20. The van der Waals surface area contributed by atoms with Crippen LogP contribution in [0.5, 0.6) is 11.5 Å². The van der Waals surface area contributed by atoms with Crippen LogP contribution in [0.1, 0.15) is 11.1 Å². The Labute approximate surface area is 157 Å². The van der Waals surface area contributed by atoms with Gasteiger partial charge >= 0.3 is 0 Å². The molecule has 3 aromatic carbocycles. The minimum atomic E-state index is -0.439. The molecule has 1 saturated heterocycles. The van der Waals surface area contributed by atoms with Crippen molar-refractivity contribution in [3.8, 4) is 22.6 Å². The van der Waals surface area contributed by atoms with Gasteiger partial charge in [-0.1, -0.05) is 48.0 Å². The van der Waals surface area contributed by atoms with E-state index in [1.807, 2.05) is 42.5 Å². The first-order valence-corrected chi connectivity index (χ1v) is 8.99. The Bertz CT molecular complexity index is 964. The molecule has 1 fully saturated rings. The summed E-state index contributed by atoms with van der Waals surface area (Å²) in [4.78, 5) is 0. The van der Waals surface area contributed by atoms with E-state index in [0.29, 0.717) is 24.8 Å². The number of hydrogen-bond acceptors (Lipinski definition) is 3. The van der Waals surface area contributed by atoms with Gasteiger partial charge in [0.2, 0.25) is 0 Å². The Morgan fingerprint density at radius 1 is 0.923 bits per heavy atom. The molecule has 4 heteroatoms. The third kappa shape index (κ3) is 2.56. The molecule has 3 aromatic rings. The third-order valence-electron chi connectivity index (χ3n) is 4.94. The fourth-order valence-corrected chi connectivity index (χ4v) is 3.71. The van der Waals surface area contributed by atoms with Crippen molar-refractivity contribution in [1.82, 2.24) is 0 Å². The van der Waals surface area contributed by atoms with Crippen molar-refractivity contribution in [3.05, 3.63) is 82.9 Å². The number of fused-ring (bicyclic) bond motifs is 4. The second-order valence-corrected chi connectivity index (χ2v) is 7.15. The fourth-order valence-electron chi connectivity index (χ4n) is 3.54. The van der Waals surface area contributed by atoms with E-state index in [9.17, 15) is 0 Å². The first-order chi connectivity index (χ1) is 12.7. The summed E-state index contributed by atoms with van der Waals surface area (Å²) in [6.07, 6.45) is 0. The lowest BCUT2D eigenvalue weighted by Gasteiger charge is -2.45. The molecule has 1 spiro atoms. The van der Waals surface area contributed by atoms with Crippen LogP contribution in [-0.2, 0) is 16.9 Å². The molecular weight excluding hydrogens is 348 g/mol. The molecule has 2 heterocycles. The average molecular weight is 365 g/mol. The van der Waals surface area contributed by atoms with Gasteiger partial charge in [-0.3, -0.25) is 0 Å². The van der Waals surface area contributed by atoms with Crippen LogP contribution in [0.4, 0.5) is 0 Å². The summed E-state index contributed by atoms with van der Waals surface area (Å²) in [5, 5.41) is 0.713. The number of benzene rings is 3. The SMILES string of the molecule is Clc1ccc2c(c1)C1(COC1)Oc1cc(OCc3ccccc3)ccc1-2. The maximum absolute atomic E-state index is 6.37. The van der Waals surface area contributed by atoms with E-state index >= 15 is 0 Å². The van der Waals surface area contributed by atoms with Crippen molar-refractivity contribution in [2.24, 2.45) is 0 Å². The lowest BCUT2D eigenvalue weighted by atomic mass is 9.82. The van der Waals surface area contributed by atoms with Crippen LogP contribution in [-0.4, -0.2) is 13.2 Å². The van der Waals surface area contributed by atoms with Crippen LogP contribution in [0, 0.1) is 0 Å². The lowest BCUT2D eigenvalue weighted by molar-refractivity contribution is -0.169. The van der Waals surface area contributed by atoms with Crippen molar-refractivity contribution < 1.29 is 14.2 Å². The quantitative estimate of drug-likeness (QED) is 0.639. The topological polar surface area (TPSA) is 27.7 Å². The number of halogens is 1. The second kappa shape index (κ2) is 6.04. The zero-order chi connectivity index (χ0) is 17.6. The highest BCUT2D eigenvalue weighted by Gasteiger charge is 2.47. The molecule has 3 nitrogen and oxygen atoms in total. The predicted molar refractivity (Wildman–Crippen MR) is 101 cm³/mol. The highest BCUT2D eigenvalue weighted by atomic mass is 35.5. The van der Waals surface area contributed by atoms with Gasteiger partial charge in [0.25, 0.3) is 0 Å². The van der Waals surface area contributed by atoms with Gasteiger partial charge in [0.05, 0.1) is 13.2 Å². The fraction of sp³-hybridized carbons (Fsp3) is 0.182. The molecule has 0 radical (unpaired) electrons. The molecule has 0 aromatic heterocycles. The molecule has 0 saturated carbocycles. The maximum atomic E-state index is 6.37. The molecule has 26 heavy (non-hydrogen) atoms. The monoisotopic (exact) mass is 364 g/mol. The van der Waals surface area contributed by atoms with Crippen molar-refractivity contribution in [3.63, 3.8) is 0 Å². The number of ether oxygens (including phenoxy) is 3. The van der Waals surface area contributed by atoms with Gasteiger partial charge < -0.3 is 14.2 Å². The summed E-state index contributed by atoms with van der Waals surface area (Å²) in [6, 6.07) is 22.1.